The number of rotatable bonds is 6. The Balaban J connectivity index is 2.95. The molecule has 0 aliphatic carbocycles. The number of amides is 1. The van der Waals surface area contributed by atoms with E-state index < -0.39 is 10.0 Å². The second-order valence-electron chi connectivity index (χ2n) is 4.09. The van der Waals surface area contributed by atoms with Gasteiger partial charge in [0.15, 0.2) is 0 Å². The van der Waals surface area contributed by atoms with Crippen LogP contribution < -0.4 is 15.4 Å². The number of carbonyl (C=O) groups excluding carboxylic acids is 1. The monoisotopic (exact) mass is 285 g/mol. The van der Waals surface area contributed by atoms with Crippen molar-refractivity contribution < 1.29 is 13.2 Å². The third kappa shape index (κ3) is 4.30. The maximum absolute atomic E-state index is 11.7. The van der Waals surface area contributed by atoms with Crippen LogP contribution in [0.5, 0.6) is 0 Å². The average molecular weight is 285 g/mol. The fourth-order valence-corrected chi connectivity index (χ4v) is 2.23. The van der Waals surface area contributed by atoms with Gasteiger partial charge in [0.05, 0.1) is 4.90 Å². The standard InChI is InChI=1S/C12H19N3O3S/c1-9-4-5-10(19(17,18)14-3)8-11(9)15-12(16)6-7-13-2/h4-5,8,13-14H,6-7H2,1-3H3,(H,15,16). The van der Waals surface area contributed by atoms with Crippen LogP contribution in [0.4, 0.5) is 5.69 Å². The van der Waals surface area contributed by atoms with E-state index in [1.807, 2.05) is 6.92 Å². The maximum Gasteiger partial charge on any atom is 0.240 e. The molecule has 0 aromatic heterocycles. The smallest absolute Gasteiger partial charge is 0.240 e. The molecule has 1 rings (SSSR count). The molecule has 0 fully saturated rings. The molecule has 19 heavy (non-hydrogen) atoms. The molecule has 0 radical (unpaired) electrons. The number of hydrogen-bond acceptors (Lipinski definition) is 4. The quantitative estimate of drug-likeness (QED) is 0.708. The molecule has 0 aliphatic rings. The Morgan fingerprint density at radius 3 is 2.53 bits per heavy atom. The summed E-state index contributed by atoms with van der Waals surface area (Å²) in [4.78, 5) is 11.8. The van der Waals surface area contributed by atoms with Crippen molar-refractivity contribution in [3.63, 3.8) is 0 Å². The van der Waals surface area contributed by atoms with E-state index in [0.29, 0.717) is 18.7 Å². The molecule has 0 heterocycles. The zero-order valence-electron chi connectivity index (χ0n) is 11.3. The van der Waals surface area contributed by atoms with Crippen molar-refractivity contribution >= 4 is 21.6 Å². The van der Waals surface area contributed by atoms with Gasteiger partial charge in [-0.1, -0.05) is 6.07 Å². The zero-order chi connectivity index (χ0) is 14.5. The third-order valence-electron chi connectivity index (χ3n) is 2.66. The van der Waals surface area contributed by atoms with E-state index in [4.69, 9.17) is 0 Å². The second-order valence-corrected chi connectivity index (χ2v) is 5.97. The summed E-state index contributed by atoms with van der Waals surface area (Å²) in [5.41, 5.74) is 1.32. The molecule has 0 saturated carbocycles. The van der Waals surface area contributed by atoms with Gasteiger partial charge in [-0.05, 0) is 38.7 Å². The van der Waals surface area contributed by atoms with Gasteiger partial charge in [0.25, 0.3) is 0 Å². The van der Waals surface area contributed by atoms with Gasteiger partial charge in [0, 0.05) is 18.7 Å². The molecule has 3 N–H and O–H groups in total. The molecule has 1 aromatic carbocycles. The van der Waals surface area contributed by atoms with Crippen LogP contribution in [-0.4, -0.2) is 35.0 Å². The molecule has 0 saturated heterocycles. The van der Waals surface area contributed by atoms with E-state index in [2.05, 4.69) is 15.4 Å². The molecule has 1 aromatic rings. The predicted molar refractivity (Wildman–Crippen MR) is 74.6 cm³/mol. The average Bonchev–Trinajstić information content (AvgIpc) is 2.38. The van der Waals surface area contributed by atoms with Crippen LogP contribution in [0, 0.1) is 6.92 Å². The molecule has 0 atom stereocenters. The van der Waals surface area contributed by atoms with Gasteiger partial charge in [0.1, 0.15) is 0 Å². The van der Waals surface area contributed by atoms with Crippen molar-refractivity contribution in [1.29, 1.82) is 0 Å². The highest BCUT2D eigenvalue weighted by molar-refractivity contribution is 7.89. The van der Waals surface area contributed by atoms with Crippen molar-refractivity contribution in [3.05, 3.63) is 23.8 Å². The molecule has 6 nitrogen and oxygen atoms in total. The summed E-state index contributed by atoms with van der Waals surface area (Å²) in [5, 5.41) is 5.59. The summed E-state index contributed by atoms with van der Waals surface area (Å²) < 4.78 is 25.6. The first kappa shape index (κ1) is 15.6. The Hall–Kier alpha value is -1.44. The van der Waals surface area contributed by atoms with Gasteiger partial charge in [-0.2, -0.15) is 0 Å². The lowest BCUT2D eigenvalue weighted by molar-refractivity contribution is -0.116. The topological polar surface area (TPSA) is 87.3 Å². The summed E-state index contributed by atoms with van der Waals surface area (Å²) in [6, 6.07) is 4.63. The number of anilines is 1. The normalized spacial score (nSPS) is 11.3. The lowest BCUT2D eigenvalue weighted by Crippen LogP contribution is -2.21. The Morgan fingerprint density at radius 2 is 1.95 bits per heavy atom. The summed E-state index contributed by atoms with van der Waals surface area (Å²) in [6.07, 6.45) is 0.332. The predicted octanol–water partition coefficient (Wildman–Crippen LogP) is 0.451. The number of aryl methyl sites for hydroxylation is 1. The van der Waals surface area contributed by atoms with Gasteiger partial charge >= 0.3 is 0 Å². The van der Waals surface area contributed by atoms with Gasteiger partial charge in [-0.3, -0.25) is 4.79 Å². The molecule has 0 unspecified atom stereocenters. The molecule has 0 aliphatic heterocycles. The first-order valence-electron chi connectivity index (χ1n) is 5.89. The van der Waals surface area contributed by atoms with Gasteiger partial charge < -0.3 is 10.6 Å². The number of carbonyl (C=O) groups is 1. The SMILES string of the molecule is CNCCC(=O)Nc1cc(S(=O)(=O)NC)ccc1C. The van der Waals surface area contributed by atoms with Crippen molar-refractivity contribution in [1.82, 2.24) is 10.0 Å². The molecule has 106 valence electrons. The number of benzene rings is 1. The fraction of sp³-hybridized carbons (Fsp3) is 0.417. The molecule has 7 heteroatoms. The summed E-state index contributed by atoms with van der Waals surface area (Å²) >= 11 is 0. The van der Waals surface area contributed by atoms with Crippen LogP contribution in [0.3, 0.4) is 0 Å². The lowest BCUT2D eigenvalue weighted by Gasteiger charge is -2.10. The van der Waals surface area contributed by atoms with E-state index in [-0.39, 0.29) is 10.8 Å². The maximum atomic E-state index is 11.7. The van der Waals surface area contributed by atoms with Crippen LogP contribution in [0.2, 0.25) is 0 Å². The van der Waals surface area contributed by atoms with E-state index in [1.165, 1.54) is 19.2 Å². The minimum atomic E-state index is -3.50. The fourth-order valence-electron chi connectivity index (χ4n) is 1.47. The summed E-state index contributed by atoms with van der Waals surface area (Å²) in [5.74, 6) is -0.156. The highest BCUT2D eigenvalue weighted by atomic mass is 32.2. The first-order chi connectivity index (χ1) is 8.90. The molecular weight excluding hydrogens is 266 g/mol. The number of sulfonamides is 1. The van der Waals surface area contributed by atoms with E-state index >= 15 is 0 Å². The molecule has 0 bridgehead atoms. The lowest BCUT2D eigenvalue weighted by atomic mass is 10.2. The Kier molecular flexibility index (Phi) is 5.46. The van der Waals surface area contributed by atoms with Crippen molar-refractivity contribution in [2.24, 2.45) is 0 Å². The first-order valence-corrected chi connectivity index (χ1v) is 7.37. The van der Waals surface area contributed by atoms with E-state index in [9.17, 15) is 13.2 Å². The Bertz CT molecular complexity index is 555. The van der Waals surface area contributed by atoms with Crippen LogP contribution in [0.15, 0.2) is 23.1 Å². The van der Waals surface area contributed by atoms with Crippen molar-refractivity contribution in [2.75, 3.05) is 26.0 Å². The van der Waals surface area contributed by atoms with Crippen LogP contribution in [0.1, 0.15) is 12.0 Å². The van der Waals surface area contributed by atoms with Crippen LogP contribution in [-0.2, 0) is 14.8 Å². The largest absolute Gasteiger partial charge is 0.326 e. The number of nitrogens with one attached hydrogen (secondary N) is 3. The minimum Gasteiger partial charge on any atom is -0.326 e. The van der Waals surface area contributed by atoms with E-state index in [0.717, 1.165) is 5.56 Å². The van der Waals surface area contributed by atoms with Crippen molar-refractivity contribution in [2.45, 2.75) is 18.2 Å². The Morgan fingerprint density at radius 1 is 1.26 bits per heavy atom. The third-order valence-corrected chi connectivity index (χ3v) is 4.08. The minimum absolute atomic E-state index is 0.129. The van der Waals surface area contributed by atoms with Gasteiger partial charge in [-0.15, -0.1) is 0 Å². The molecular formula is C12H19N3O3S. The van der Waals surface area contributed by atoms with Gasteiger partial charge in [0.2, 0.25) is 15.9 Å². The molecule has 1 amide bonds. The summed E-state index contributed by atoms with van der Waals surface area (Å²) in [6.45, 7) is 2.38. The zero-order valence-corrected chi connectivity index (χ0v) is 12.1. The Labute approximate surface area is 113 Å². The summed E-state index contributed by atoms with van der Waals surface area (Å²) in [7, 11) is -0.394. The highest BCUT2D eigenvalue weighted by Gasteiger charge is 2.13. The van der Waals surface area contributed by atoms with Crippen molar-refractivity contribution in [3.8, 4) is 0 Å². The van der Waals surface area contributed by atoms with Crippen LogP contribution in [0.25, 0.3) is 0 Å². The second kappa shape index (κ2) is 6.65. The van der Waals surface area contributed by atoms with Crippen LogP contribution >= 0.6 is 0 Å². The molecule has 0 spiro atoms. The van der Waals surface area contributed by atoms with E-state index in [1.54, 1.807) is 13.1 Å². The van der Waals surface area contributed by atoms with Gasteiger partial charge in [-0.25, -0.2) is 13.1 Å². The number of hydrogen-bond donors (Lipinski definition) is 3. The highest BCUT2D eigenvalue weighted by Crippen LogP contribution is 2.20.